The summed E-state index contributed by atoms with van der Waals surface area (Å²) in [6.45, 7) is 0.881. The fourth-order valence-electron chi connectivity index (χ4n) is 3.36. The van der Waals surface area contributed by atoms with Gasteiger partial charge in [-0.15, -0.1) is 0 Å². The lowest BCUT2D eigenvalue weighted by atomic mass is 10.0. The van der Waals surface area contributed by atoms with Crippen molar-refractivity contribution in [3.8, 4) is 5.75 Å². The smallest absolute Gasteiger partial charge is 0.123 e. The Morgan fingerprint density at radius 2 is 2.05 bits per heavy atom. The molecule has 0 bridgehead atoms. The van der Waals surface area contributed by atoms with Crippen LogP contribution in [0.25, 0.3) is 10.8 Å². The third-order valence-electron chi connectivity index (χ3n) is 4.51. The molecule has 1 N–H and O–H groups in total. The van der Waals surface area contributed by atoms with Gasteiger partial charge >= 0.3 is 0 Å². The largest absolute Gasteiger partial charge is 0.496 e. The van der Waals surface area contributed by atoms with Crippen LogP contribution in [0.4, 0.5) is 0 Å². The highest BCUT2D eigenvalue weighted by Crippen LogP contribution is 2.31. The number of rotatable bonds is 5. The van der Waals surface area contributed by atoms with E-state index < -0.39 is 0 Å². The lowest BCUT2D eigenvalue weighted by molar-refractivity contribution is 0.406. The molecular formula is C18H23NOS. The minimum absolute atomic E-state index is 0.628. The summed E-state index contributed by atoms with van der Waals surface area (Å²) < 4.78 is 5.58. The third kappa shape index (κ3) is 3.04. The molecule has 2 unspecified atom stereocenters. The Labute approximate surface area is 131 Å². The Morgan fingerprint density at radius 1 is 1.19 bits per heavy atom. The molecule has 0 aromatic heterocycles. The Morgan fingerprint density at radius 3 is 2.86 bits per heavy atom. The van der Waals surface area contributed by atoms with Crippen molar-refractivity contribution < 1.29 is 4.74 Å². The number of nitrogens with one attached hydrogen (secondary N) is 1. The SMILES string of the molecule is COc1ccc2ccccc2c1CNC1CCCC1SC. The second-order valence-electron chi connectivity index (χ2n) is 5.66. The highest BCUT2D eigenvalue weighted by atomic mass is 32.2. The van der Waals surface area contributed by atoms with E-state index in [2.05, 4.69) is 48.0 Å². The lowest BCUT2D eigenvalue weighted by Gasteiger charge is -2.21. The number of hydrogen-bond donors (Lipinski definition) is 1. The van der Waals surface area contributed by atoms with Crippen molar-refractivity contribution in [3.63, 3.8) is 0 Å². The van der Waals surface area contributed by atoms with Crippen molar-refractivity contribution in [1.82, 2.24) is 5.32 Å². The van der Waals surface area contributed by atoms with Crippen molar-refractivity contribution in [1.29, 1.82) is 0 Å². The van der Waals surface area contributed by atoms with Gasteiger partial charge in [-0.2, -0.15) is 11.8 Å². The molecule has 0 saturated heterocycles. The van der Waals surface area contributed by atoms with Gasteiger partial charge < -0.3 is 10.1 Å². The van der Waals surface area contributed by atoms with Gasteiger partial charge in [-0.05, 0) is 35.9 Å². The molecule has 0 spiro atoms. The van der Waals surface area contributed by atoms with Crippen LogP contribution in [0.5, 0.6) is 5.75 Å². The summed E-state index contributed by atoms with van der Waals surface area (Å²) in [7, 11) is 1.76. The van der Waals surface area contributed by atoms with Crippen molar-refractivity contribution in [2.45, 2.75) is 37.1 Å². The molecule has 1 aliphatic rings. The molecule has 2 aromatic rings. The summed E-state index contributed by atoms with van der Waals surface area (Å²) in [6, 6.07) is 13.4. The van der Waals surface area contributed by atoms with Gasteiger partial charge in [0.25, 0.3) is 0 Å². The Balaban J connectivity index is 1.85. The topological polar surface area (TPSA) is 21.3 Å². The summed E-state index contributed by atoms with van der Waals surface area (Å²) in [5, 5.41) is 7.10. The molecule has 0 aliphatic heterocycles. The van der Waals surface area contributed by atoms with Gasteiger partial charge in [0.15, 0.2) is 0 Å². The standard InChI is InChI=1S/C18H23NOS/c1-20-17-11-10-13-6-3-4-7-14(13)15(17)12-19-16-8-5-9-18(16)21-2/h3-4,6-7,10-11,16,18-19H,5,8-9,12H2,1-2H3. The molecule has 0 radical (unpaired) electrons. The maximum Gasteiger partial charge on any atom is 0.123 e. The van der Waals surface area contributed by atoms with Crippen LogP contribution in [-0.4, -0.2) is 24.7 Å². The monoisotopic (exact) mass is 301 g/mol. The molecule has 2 nitrogen and oxygen atoms in total. The normalized spacial score (nSPS) is 21.8. The van der Waals surface area contributed by atoms with E-state index in [4.69, 9.17) is 4.74 Å². The van der Waals surface area contributed by atoms with Crippen LogP contribution in [-0.2, 0) is 6.54 Å². The third-order valence-corrected chi connectivity index (χ3v) is 5.68. The molecule has 2 aromatic carbocycles. The van der Waals surface area contributed by atoms with Gasteiger partial charge in [0.05, 0.1) is 7.11 Å². The van der Waals surface area contributed by atoms with Crippen LogP contribution in [0.2, 0.25) is 0 Å². The van der Waals surface area contributed by atoms with Crippen LogP contribution in [0, 0.1) is 0 Å². The van der Waals surface area contributed by atoms with Gasteiger partial charge in [-0.1, -0.05) is 36.8 Å². The zero-order valence-corrected chi connectivity index (χ0v) is 13.6. The highest BCUT2D eigenvalue weighted by Gasteiger charge is 2.26. The van der Waals surface area contributed by atoms with E-state index in [1.807, 2.05) is 11.8 Å². The van der Waals surface area contributed by atoms with Crippen molar-refractivity contribution in [3.05, 3.63) is 42.0 Å². The maximum atomic E-state index is 5.58. The molecule has 0 heterocycles. The maximum absolute atomic E-state index is 5.58. The molecule has 3 rings (SSSR count). The number of fused-ring (bicyclic) bond motifs is 1. The highest BCUT2D eigenvalue weighted by molar-refractivity contribution is 7.99. The zero-order valence-electron chi connectivity index (χ0n) is 12.8. The van der Waals surface area contributed by atoms with Crippen LogP contribution >= 0.6 is 11.8 Å². The molecule has 1 saturated carbocycles. The number of hydrogen-bond acceptors (Lipinski definition) is 3. The summed E-state index contributed by atoms with van der Waals surface area (Å²) in [4.78, 5) is 0. The van der Waals surface area contributed by atoms with E-state index in [9.17, 15) is 0 Å². The molecule has 2 atom stereocenters. The Kier molecular flexibility index (Phi) is 4.71. The summed E-state index contributed by atoms with van der Waals surface area (Å²) in [5.74, 6) is 0.986. The quantitative estimate of drug-likeness (QED) is 0.893. The first kappa shape index (κ1) is 14.7. The number of thioether (sulfide) groups is 1. The van der Waals surface area contributed by atoms with Crippen molar-refractivity contribution in [2.24, 2.45) is 0 Å². The first-order valence-corrected chi connectivity index (χ1v) is 8.93. The predicted octanol–water partition coefficient (Wildman–Crippen LogP) is 4.22. The summed E-state index contributed by atoms with van der Waals surface area (Å²) in [5.41, 5.74) is 1.28. The van der Waals surface area contributed by atoms with Gasteiger partial charge in [0.2, 0.25) is 0 Å². The average Bonchev–Trinajstić information content (AvgIpc) is 2.99. The van der Waals surface area contributed by atoms with E-state index in [-0.39, 0.29) is 0 Å². The van der Waals surface area contributed by atoms with Gasteiger partial charge in [0.1, 0.15) is 5.75 Å². The summed E-state index contributed by atoms with van der Waals surface area (Å²) in [6.07, 6.45) is 6.20. The molecule has 21 heavy (non-hydrogen) atoms. The summed E-state index contributed by atoms with van der Waals surface area (Å²) >= 11 is 2.00. The fourth-order valence-corrected chi connectivity index (χ4v) is 4.33. The van der Waals surface area contributed by atoms with Crippen molar-refractivity contribution >= 4 is 22.5 Å². The average molecular weight is 301 g/mol. The van der Waals surface area contributed by atoms with E-state index in [1.165, 1.54) is 35.6 Å². The van der Waals surface area contributed by atoms with E-state index >= 15 is 0 Å². The molecule has 1 aliphatic carbocycles. The van der Waals surface area contributed by atoms with Gasteiger partial charge in [-0.3, -0.25) is 0 Å². The number of ether oxygens (including phenoxy) is 1. The second-order valence-corrected chi connectivity index (χ2v) is 6.74. The Hall–Kier alpha value is -1.19. The van der Waals surface area contributed by atoms with Crippen LogP contribution in [0.15, 0.2) is 36.4 Å². The molecule has 112 valence electrons. The second kappa shape index (κ2) is 6.71. The first-order chi connectivity index (χ1) is 10.3. The molecule has 0 amide bonds. The van der Waals surface area contributed by atoms with Gasteiger partial charge in [0, 0.05) is 23.4 Å². The molecular weight excluding hydrogens is 278 g/mol. The van der Waals surface area contributed by atoms with E-state index in [0.717, 1.165) is 17.5 Å². The van der Waals surface area contributed by atoms with Crippen molar-refractivity contribution in [2.75, 3.05) is 13.4 Å². The fraction of sp³-hybridized carbons (Fsp3) is 0.444. The molecule has 1 fully saturated rings. The Bertz CT molecular complexity index is 613. The van der Waals surface area contributed by atoms with E-state index in [0.29, 0.717) is 6.04 Å². The first-order valence-electron chi connectivity index (χ1n) is 7.64. The predicted molar refractivity (Wildman–Crippen MR) is 92.3 cm³/mol. The minimum Gasteiger partial charge on any atom is -0.496 e. The number of methoxy groups -OCH3 is 1. The van der Waals surface area contributed by atoms with Crippen LogP contribution in [0.3, 0.4) is 0 Å². The van der Waals surface area contributed by atoms with Gasteiger partial charge in [-0.25, -0.2) is 0 Å². The lowest BCUT2D eigenvalue weighted by Crippen LogP contribution is -2.33. The minimum atomic E-state index is 0.628. The number of benzene rings is 2. The zero-order chi connectivity index (χ0) is 14.7. The van der Waals surface area contributed by atoms with E-state index in [1.54, 1.807) is 7.11 Å². The molecule has 3 heteroatoms. The van der Waals surface area contributed by atoms with Crippen LogP contribution in [0.1, 0.15) is 24.8 Å². The van der Waals surface area contributed by atoms with Crippen LogP contribution < -0.4 is 10.1 Å².